The lowest BCUT2D eigenvalue weighted by Crippen LogP contribution is -2.42. The number of aryl methyl sites for hydroxylation is 2. The maximum Gasteiger partial charge on any atom is 0.330 e. The molecule has 0 spiro atoms. The molecule has 35 heavy (non-hydrogen) atoms. The van der Waals surface area contributed by atoms with E-state index in [0.29, 0.717) is 24.0 Å². The number of hydrogen-bond acceptors (Lipinski definition) is 10. The number of nitrogens with zero attached hydrogens (tertiary/aromatic N) is 3. The molecule has 14 nitrogen and oxygen atoms in total. The van der Waals surface area contributed by atoms with Crippen LogP contribution in [0.1, 0.15) is 42.8 Å². The van der Waals surface area contributed by atoms with Crippen molar-refractivity contribution in [3.8, 4) is 0 Å². The fraction of sp³-hybridized carbons (Fsp3) is 0.619. The van der Waals surface area contributed by atoms with Gasteiger partial charge in [0.2, 0.25) is 0 Å². The molecule has 2 saturated heterocycles. The third-order valence-corrected chi connectivity index (χ3v) is 6.56. The lowest BCUT2D eigenvalue weighted by Gasteiger charge is -2.26. The van der Waals surface area contributed by atoms with E-state index in [1.165, 1.54) is 23.9 Å². The second-order valence-corrected chi connectivity index (χ2v) is 8.97. The van der Waals surface area contributed by atoms with Gasteiger partial charge in [0, 0.05) is 36.5 Å². The maximum atomic E-state index is 12.4. The standard InChI is InChI=1S/C21H29N5O9/c1-10-7-22-20(31)26(18(10)30)16-6-13(28)19(35-16)25(33)4-3-12-5-15(34-14(12)9-27)24-8-11(2)17(29)23-21(24)32/h7-8,12-16,19,27-28,33H,3-6,9H2,1-2H3,(H,22,31)(H,23,29,32)/t12-,13?,14+,15+,16?,19?/m0/s1. The zero-order chi connectivity index (χ0) is 25.4. The summed E-state index contributed by atoms with van der Waals surface area (Å²) >= 11 is 0. The van der Waals surface area contributed by atoms with Crippen LogP contribution >= 0.6 is 0 Å². The van der Waals surface area contributed by atoms with Crippen molar-refractivity contribution < 1.29 is 24.9 Å². The number of aliphatic hydroxyl groups is 2. The number of nitrogens with one attached hydrogen (secondary N) is 2. The van der Waals surface area contributed by atoms with Crippen molar-refractivity contribution in [1.29, 1.82) is 0 Å². The Balaban J connectivity index is 1.41. The fourth-order valence-corrected chi connectivity index (χ4v) is 4.59. The highest BCUT2D eigenvalue weighted by atomic mass is 16.6. The number of hydrogen-bond donors (Lipinski definition) is 5. The first-order valence-corrected chi connectivity index (χ1v) is 11.3. The highest BCUT2D eigenvalue weighted by Gasteiger charge is 2.41. The van der Waals surface area contributed by atoms with Gasteiger partial charge in [0.15, 0.2) is 6.23 Å². The number of ether oxygens (including phenoxy) is 2. The molecule has 2 aromatic heterocycles. The first-order valence-electron chi connectivity index (χ1n) is 11.3. The van der Waals surface area contributed by atoms with Gasteiger partial charge < -0.3 is 29.9 Å². The molecule has 5 N–H and O–H groups in total. The summed E-state index contributed by atoms with van der Waals surface area (Å²) in [5.41, 5.74) is -1.71. The van der Waals surface area contributed by atoms with E-state index in [-0.39, 0.29) is 25.5 Å². The van der Waals surface area contributed by atoms with Gasteiger partial charge in [0.05, 0.1) is 12.7 Å². The number of rotatable bonds is 7. The van der Waals surface area contributed by atoms with Crippen LogP contribution in [0.25, 0.3) is 0 Å². The minimum absolute atomic E-state index is 0.0182. The Bertz CT molecular complexity index is 1300. The summed E-state index contributed by atoms with van der Waals surface area (Å²) in [7, 11) is 0. The largest absolute Gasteiger partial charge is 0.394 e. The maximum absolute atomic E-state index is 12.4. The van der Waals surface area contributed by atoms with Gasteiger partial charge in [-0.05, 0) is 32.6 Å². The summed E-state index contributed by atoms with van der Waals surface area (Å²) in [6.45, 7) is 2.80. The van der Waals surface area contributed by atoms with Crippen LogP contribution in [0.3, 0.4) is 0 Å². The van der Waals surface area contributed by atoms with Crippen molar-refractivity contribution in [3.05, 3.63) is 65.2 Å². The summed E-state index contributed by atoms with van der Waals surface area (Å²) in [4.78, 5) is 53.0. The topological polar surface area (TPSA) is 192 Å². The van der Waals surface area contributed by atoms with E-state index in [4.69, 9.17) is 9.47 Å². The molecule has 0 bridgehead atoms. The average molecular weight is 495 g/mol. The fourth-order valence-electron chi connectivity index (χ4n) is 4.59. The van der Waals surface area contributed by atoms with E-state index in [9.17, 15) is 34.6 Å². The second kappa shape index (κ2) is 10.0. The van der Waals surface area contributed by atoms with E-state index in [2.05, 4.69) is 9.97 Å². The number of aliphatic hydroxyl groups excluding tert-OH is 2. The molecular formula is C21H29N5O9. The van der Waals surface area contributed by atoms with Crippen molar-refractivity contribution in [3.63, 3.8) is 0 Å². The highest BCUT2D eigenvalue weighted by Crippen LogP contribution is 2.35. The van der Waals surface area contributed by atoms with Gasteiger partial charge in [-0.15, -0.1) is 0 Å². The average Bonchev–Trinajstić information content (AvgIpc) is 3.40. The summed E-state index contributed by atoms with van der Waals surface area (Å²) in [6, 6.07) is 0. The lowest BCUT2D eigenvalue weighted by atomic mass is 9.97. The molecule has 0 saturated carbocycles. The molecular weight excluding hydrogens is 466 g/mol. The van der Waals surface area contributed by atoms with Crippen LogP contribution in [-0.2, 0) is 9.47 Å². The highest BCUT2D eigenvalue weighted by molar-refractivity contribution is 5.03. The molecule has 2 fully saturated rings. The molecule has 6 atom stereocenters. The van der Waals surface area contributed by atoms with Gasteiger partial charge in [-0.3, -0.25) is 19.1 Å². The summed E-state index contributed by atoms with van der Waals surface area (Å²) in [5.74, 6) is -0.254. The van der Waals surface area contributed by atoms with Gasteiger partial charge in [0.1, 0.15) is 18.6 Å². The SMILES string of the molecule is Cc1cn([C@H]2C[C@H](CCN(O)C3OC(n4c(=O)[nH]cc(C)c4=O)CC3O)[C@@H](CO)O2)c(=O)[nH]c1=O. The van der Waals surface area contributed by atoms with Crippen LogP contribution in [0.5, 0.6) is 0 Å². The van der Waals surface area contributed by atoms with Crippen molar-refractivity contribution >= 4 is 0 Å². The molecule has 0 aromatic carbocycles. The third-order valence-electron chi connectivity index (χ3n) is 6.56. The van der Waals surface area contributed by atoms with Crippen LogP contribution in [0, 0.1) is 19.8 Å². The van der Waals surface area contributed by atoms with Crippen LogP contribution in [0.2, 0.25) is 0 Å². The van der Waals surface area contributed by atoms with Crippen LogP contribution in [0.4, 0.5) is 0 Å². The molecule has 192 valence electrons. The second-order valence-electron chi connectivity index (χ2n) is 8.97. The number of hydroxylamine groups is 2. The van der Waals surface area contributed by atoms with Gasteiger partial charge in [0.25, 0.3) is 11.1 Å². The van der Waals surface area contributed by atoms with Gasteiger partial charge in [-0.1, -0.05) is 0 Å². The van der Waals surface area contributed by atoms with E-state index in [1.807, 2.05) is 0 Å². The van der Waals surface area contributed by atoms with Gasteiger partial charge in [-0.2, -0.15) is 5.06 Å². The Morgan fingerprint density at radius 2 is 1.83 bits per heavy atom. The van der Waals surface area contributed by atoms with Crippen molar-refractivity contribution in [2.24, 2.45) is 5.92 Å². The Kier molecular flexibility index (Phi) is 7.21. The van der Waals surface area contributed by atoms with Crippen LogP contribution in [-0.4, -0.2) is 71.2 Å². The third kappa shape index (κ3) is 4.94. The Labute approximate surface area is 197 Å². The first-order chi connectivity index (χ1) is 16.6. The molecule has 14 heteroatoms. The Hall–Kier alpha value is -2.88. The quantitative estimate of drug-likeness (QED) is 0.276. The van der Waals surface area contributed by atoms with Crippen LogP contribution < -0.4 is 22.5 Å². The van der Waals surface area contributed by atoms with Crippen molar-refractivity contribution in [2.45, 2.75) is 64.0 Å². The molecule has 2 aliphatic heterocycles. The van der Waals surface area contributed by atoms with E-state index >= 15 is 0 Å². The van der Waals surface area contributed by atoms with Crippen molar-refractivity contribution in [1.82, 2.24) is 24.2 Å². The molecule has 0 amide bonds. The van der Waals surface area contributed by atoms with E-state index in [1.54, 1.807) is 6.92 Å². The van der Waals surface area contributed by atoms with E-state index in [0.717, 1.165) is 9.63 Å². The van der Waals surface area contributed by atoms with E-state index < -0.39 is 53.4 Å². The zero-order valence-corrected chi connectivity index (χ0v) is 19.3. The normalized spacial score (nSPS) is 28.7. The Morgan fingerprint density at radius 3 is 2.54 bits per heavy atom. The molecule has 4 rings (SSSR count). The van der Waals surface area contributed by atoms with Crippen molar-refractivity contribution in [2.75, 3.05) is 13.2 Å². The van der Waals surface area contributed by atoms with Gasteiger partial charge in [-0.25, -0.2) is 14.2 Å². The molecule has 0 radical (unpaired) electrons. The predicted molar refractivity (Wildman–Crippen MR) is 119 cm³/mol. The minimum atomic E-state index is -1.18. The summed E-state index contributed by atoms with van der Waals surface area (Å²) in [6.07, 6.45) is -1.44. The molecule has 3 unspecified atom stereocenters. The lowest BCUT2D eigenvalue weighted by molar-refractivity contribution is -0.237. The monoisotopic (exact) mass is 495 g/mol. The summed E-state index contributed by atoms with van der Waals surface area (Å²) in [5, 5.41) is 31.5. The predicted octanol–water partition coefficient (Wildman–Crippen LogP) is -1.71. The number of H-pyrrole nitrogens is 2. The molecule has 2 aromatic rings. The zero-order valence-electron chi connectivity index (χ0n) is 19.3. The smallest absolute Gasteiger partial charge is 0.330 e. The molecule has 2 aliphatic rings. The number of aromatic amines is 2. The van der Waals surface area contributed by atoms with Crippen LogP contribution in [0.15, 0.2) is 31.6 Å². The summed E-state index contributed by atoms with van der Waals surface area (Å²) < 4.78 is 13.6. The molecule has 4 heterocycles. The molecule has 0 aliphatic carbocycles. The first kappa shape index (κ1) is 25.2. The Morgan fingerprint density at radius 1 is 1.09 bits per heavy atom. The van der Waals surface area contributed by atoms with Gasteiger partial charge >= 0.3 is 11.4 Å². The number of aromatic nitrogens is 4. The minimum Gasteiger partial charge on any atom is -0.394 e.